The van der Waals surface area contributed by atoms with Crippen LogP contribution in [0.3, 0.4) is 0 Å². The van der Waals surface area contributed by atoms with Gasteiger partial charge in [-0.15, -0.1) is 0 Å². The van der Waals surface area contributed by atoms with E-state index in [1.807, 2.05) is 25.1 Å². The lowest BCUT2D eigenvalue weighted by Crippen LogP contribution is -2.27. The van der Waals surface area contributed by atoms with E-state index in [4.69, 9.17) is 10.5 Å². The molecule has 7 nitrogen and oxygen atoms in total. The van der Waals surface area contributed by atoms with Crippen molar-refractivity contribution in [2.24, 2.45) is 15.0 Å². The van der Waals surface area contributed by atoms with Gasteiger partial charge in [-0.2, -0.15) is 9.98 Å². The molecule has 0 unspecified atom stereocenters. The summed E-state index contributed by atoms with van der Waals surface area (Å²) in [6, 6.07) is 5.65. The number of guanidine groups is 1. The number of nitrogen functional groups attached to an aromatic ring is 1. The zero-order chi connectivity index (χ0) is 16.4. The van der Waals surface area contributed by atoms with Crippen molar-refractivity contribution < 1.29 is 9.84 Å². The molecule has 0 spiro atoms. The lowest BCUT2D eigenvalue weighted by Gasteiger charge is -2.11. The second-order valence-corrected chi connectivity index (χ2v) is 5.71. The third-order valence-electron chi connectivity index (χ3n) is 3.10. The van der Waals surface area contributed by atoms with Gasteiger partial charge in [0.2, 0.25) is 17.7 Å². The maximum Gasteiger partial charge on any atom is 0.248 e. The van der Waals surface area contributed by atoms with E-state index >= 15 is 0 Å². The Morgan fingerprint density at radius 2 is 2.22 bits per heavy atom. The molecule has 23 heavy (non-hydrogen) atoms. The van der Waals surface area contributed by atoms with Crippen LogP contribution in [0.5, 0.6) is 5.88 Å². The zero-order valence-electron chi connectivity index (χ0n) is 12.6. The first-order valence-electron chi connectivity index (χ1n) is 6.95. The first-order chi connectivity index (χ1) is 11.1. The minimum atomic E-state index is -0.0750. The number of benzene rings is 1. The van der Waals surface area contributed by atoms with Crippen LogP contribution in [0.2, 0.25) is 0 Å². The fraction of sp³-hybridized carbons (Fsp3) is 0.200. The molecular weight excluding hydrogens is 314 g/mol. The van der Waals surface area contributed by atoms with E-state index in [-0.39, 0.29) is 5.88 Å². The Kier molecular flexibility index (Phi) is 4.07. The molecule has 0 aliphatic carbocycles. The van der Waals surface area contributed by atoms with Crippen LogP contribution in [0.25, 0.3) is 6.08 Å². The molecule has 1 aromatic heterocycles. The number of fused-ring (bicyclic) bond motifs is 1. The van der Waals surface area contributed by atoms with Crippen LogP contribution in [0, 0.1) is 0 Å². The molecule has 0 radical (unpaired) electrons. The summed E-state index contributed by atoms with van der Waals surface area (Å²) in [4.78, 5) is 17.0. The molecule has 2 aromatic rings. The van der Waals surface area contributed by atoms with Gasteiger partial charge in [0.1, 0.15) is 0 Å². The number of nitrogens with zero attached hydrogens (tertiary/aromatic N) is 4. The van der Waals surface area contributed by atoms with Crippen LogP contribution < -0.4 is 16.3 Å². The molecule has 0 bridgehead atoms. The van der Waals surface area contributed by atoms with Gasteiger partial charge in [0.25, 0.3) is 0 Å². The van der Waals surface area contributed by atoms with Gasteiger partial charge in [0, 0.05) is 7.05 Å². The maximum atomic E-state index is 9.74. The highest BCUT2D eigenvalue weighted by molar-refractivity contribution is 7.16. The average molecular weight is 329 g/mol. The Morgan fingerprint density at radius 3 is 2.87 bits per heavy atom. The number of aliphatic imine (C=N–C) groups is 2. The number of rotatable bonds is 2. The smallest absolute Gasteiger partial charge is 0.248 e. The van der Waals surface area contributed by atoms with Gasteiger partial charge in [-0.05, 0) is 30.4 Å². The van der Waals surface area contributed by atoms with Gasteiger partial charge in [-0.1, -0.05) is 17.4 Å². The number of hydrogen-bond donors (Lipinski definition) is 2. The largest absolute Gasteiger partial charge is 0.492 e. The lowest BCUT2D eigenvalue weighted by molar-refractivity contribution is 0.328. The average Bonchev–Trinajstić information content (AvgIpc) is 2.85. The molecule has 118 valence electrons. The molecule has 0 fully saturated rings. The minimum absolute atomic E-state index is 0.0750. The van der Waals surface area contributed by atoms with E-state index in [0.717, 1.165) is 16.1 Å². The predicted octanol–water partition coefficient (Wildman–Crippen LogP) is 0.662. The van der Waals surface area contributed by atoms with E-state index in [9.17, 15) is 5.11 Å². The van der Waals surface area contributed by atoms with Gasteiger partial charge in [-0.25, -0.2) is 4.99 Å². The summed E-state index contributed by atoms with van der Waals surface area (Å²) in [6.45, 7) is 2.39. The monoisotopic (exact) mass is 329 g/mol. The van der Waals surface area contributed by atoms with Crippen molar-refractivity contribution in [1.82, 2.24) is 4.98 Å². The molecule has 0 saturated carbocycles. The molecule has 0 saturated heterocycles. The Labute approximate surface area is 136 Å². The summed E-state index contributed by atoms with van der Waals surface area (Å²) in [6.07, 6.45) is 1.80. The number of nitrogens with two attached hydrogens (primary N) is 1. The maximum absolute atomic E-state index is 9.74. The van der Waals surface area contributed by atoms with Gasteiger partial charge < -0.3 is 15.6 Å². The highest BCUT2D eigenvalue weighted by atomic mass is 32.1. The summed E-state index contributed by atoms with van der Waals surface area (Å²) in [5.41, 5.74) is 6.38. The fourth-order valence-corrected chi connectivity index (χ4v) is 2.82. The normalized spacial score (nSPS) is 16.0. The quantitative estimate of drug-likeness (QED) is 0.844. The van der Waals surface area contributed by atoms with Crippen LogP contribution in [-0.4, -0.2) is 35.6 Å². The summed E-state index contributed by atoms with van der Waals surface area (Å²) < 4.78 is 5.59. The van der Waals surface area contributed by atoms with Crippen LogP contribution in [-0.2, 0) is 4.74 Å². The van der Waals surface area contributed by atoms with E-state index in [0.29, 0.717) is 28.5 Å². The summed E-state index contributed by atoms with van der Waals surface area (Å²) >= 11 is 1.22. The SMILES string of the molecule is CCOC1=NC(=NC)N=c2cc/c(=C/c3sc(N)nc3O)cc21. The molecule has 0 amide bonds. The number of hydrogen-bond acceptors (Lipinski definition) is 6. The lowest BCUT2D eigenvalue weighted by atomic mass is 10.1. The van der Waals surface area contributed by atoms with Crippen molar-refractivity contribution >= 4 is 34.4 Å². The van der Waals surface area contributed by atoms with Crippen molar-refractivity contribution in [3.63, 3.8) is 0 Å². The van der Waals surface area contributed by atoms with Gasteiger partial charge in [0.15, 0.2) is 5.13 Å². The van der Waals surface area contributed by atoms with Crippen molar-refractivity contribution in [3.8, 4) is 5.88 Å². The number of aromatic nitrogens is 1. The molecular formula is C15H15N5O2S. The van der Waals surface area contributed by atoms with Crippen LogP contribution in [0.15, 0.2) is 33.2 Å². The van der Waals surface area contributed by atoms with Crippen molar-refractivity contribution in [3.05, 3.63) is 39.2 Å². The number of aromatic hydroxyl groups is 1. The third kappa shape index (κ3) is 3.07. The Morgan fingerprint density at radius 1 is 1.39 bits per heavy atom. The first-order valence-corrected chi connectivity index (χ1v) is 7.76. The molecule has 8 heteroatoms. The third-order valence-corrected chi connectivity index (χ3v) is 3.92. The summed E-state index contributed by atoms with van der Waals surface area (Å²) in [5.74, 6) is 0.793. The van der Waals surface area contributed by atoms with Crippen molar-refractivity contribution in [1.29, 1.82) is 0 Å². The van der Waals surface area contributed by atoms with Crippen LogP contribution >= 0.6 is 11.3 Å². The number of thiazole rings is 1. The Hall–Kier alpha value is -2.74. The molecule has 0 atom stereocenters. The van der Waals surface area contributed by atoms with Crippen LogP contribution in [0.4, 0.5) is 5.13 Å². The second-order valence-electron chi connectivity index (χ2n) is 4.65. The van der Waals surface area contributed by atoms with Gasteiger partial charge in [-0.3, -0.25) is 4.99 Å². The minimum Gasteiger partial charge on any atom is -0.492 e. The van der Waals surface area contributed by atoms with E-state index < -0.39 is 0 Å². The van der Waals surface area contributed by atoms with Gasteiger partial charge >= 0.3 is 0 Å². The Bertz CT molecular complexity index is 930. The molecule has 1 aromatic carbocycles. The van der Waals surface area contributed by atoms with Crippen molar-refractivity contribution in [2.75, 3.05) is 19.4 Å². The highest BCUT2D eigenvalue weighted by Crippen LogP contribution is 2.25. The summed E-state index contributed by atoms with van der Waals surface area (Å²) in [7, 11) is 1.63. The van der Waals surface area contributed by atoms with Gasteiger partial charge in [0.05, 0.1) is 22.4 Å². The van der Waals surface area contributed by atoms with Crippen LogP contribution in [0.1, 0.15) is 17.4 Å². The first kappa shape index (κ1) is 15.2. The van der Waals surface area contributed by atoms with E-state index in [1.54, 1.807) is 13.1 Å². The Balaban J connectivity index is 2.14. The number of anilines is 1. The zero-order valence-corrected chi connectivity index (χ0v) is 13.5. The van der Waals surface area contributed by atoms with E-state index in [2.05, 4.69) is 20.0 Å². The molecule has 3 rings (SSSR count). The second kappa shape index (κ2) is 6.17. The molecule has 2 heterocycles. The number of ether oxygens (including phenoxy) is 1. The molecule has 1 aliphatic heterocycles. The predicted molar refractivity (Wildman–Crippen MR) is 90.5 cm³/mol. The fourth-order valence-electron chi connectivity index (χ4n) is 2.13. The summed E-state index contributed by atoms with van der Waals surface area (Å²) in [5, 5.41) is 11.7. The standard InChI is InChI=1S/C15H15N5O2S/c1-3-22-13-9-6-8(7-11-12(21)19-14(16)23-11)4-5-10(9)18-15(17-2)20-13/h4-7,21H,3H2,1-2H3,(H2,16,19)/b8-7-,17-15?. The van der Waals surface area contributed by atoms with E-state index in [1.165, 1.54) is 11.3 Å². The van der Waals surface area contributed by atoms with Crippen molar-refractivity contribution in [2.45, 2.75) is 6.92 Å². The molecule has 3 N–H and O–H groups in total. The highest BCUT2D eigenvalue weighted by Gasteiger charge is 2.14. The topological polar surface area (TPSA) is 105 Å². The molecule has 1 aliphatic rings.